The molecule has 0 unspecified atom stereocenters. The van der Waals surface area contributed by atoms with Crippen LogP contribution in [-0.4, -0.2) is 21.7 Å². The first-order valence-electron chi connectivity index (χ1n) is 6.18. The van der Waals surface area contributed by atoms with Gasteiger partial charge < -0.3 is 0 Å². The Hall–Kier alpha value is -2.20. The molecule has 3 rings (SSSR count). The average molecular weight is 287 g/mol. The SMILES string of the molecule is O=C1Cc2ccccc2C(=O)N1Cc1cc(Cl)ccn1. The van der Waals surface area contributed by atoms with Crippen molar-refractivity contribution >= 4 is 23.4 Å². The minimum absolute atomic E-state index is 0.145. The van der Waals surface area contributed by atoms with Crippen LogP contribution in [0.15, 0.2) is 42.6 Å². The van der Waals surface area contributed by atoms with Gasteiger partial charge >= 0.3 is 0 Å². The molecule has 0 fully saturated rings. The van der Waals surface area contributed by atoms with Crippen LogP contribution in [0.3, 0.4) is 0 Å². The molecule has 2 amide bonds. The molecule has 4 nitrogen and oxygen atoms in total. The number of pyridine rings is 1. The van der Waals surface area contributed by atoms with Gasteiger partial charge in [-0.05, 0) is 23.8 Å². The molecule has 0 bridgehead atoms. The molecule has 2 heterocycles. The first kappa shape index (κ1) is 12.8. The molecule has 1 aromatic heterocycles. The third kappa shape index (κ3) is 2.30. The summed E-state index contributed by atoms with van der Waals surface area (Å²) in [6, 6.07) is 10.5. The molecule has 0 spiro atoms. The van der Waals surface area contributed by atoms with Crippen LogP contribution in [0, 0.1) is 0 Å². The maximum Gasteiger partial charge on any atom is 0.261 e. The van der Waals surface area contributed by atoms with Gasteiger partial charge in [0, 0.05) is 16.8 Å². The average Bonchev–Trinajstić information content (AvgIpc) is 2.43. The minimum Gasteiger partial charge on any atom is -0.274 e. The number of nitrogens with zero attached hydrogens (tertiary/aromatic N) is 2. The number of carbonyl (C=O) groups excluding carboxylic acids is 2. The van der Waals surface area contributed by atoms with Crippen LogP contribution in [0.5, 0.6) is 0 Å². The van der Waals surface area contributed by atoms with Crippen LogP contribution in [-0.2, 0) is 17.8 Å². The lowest BCUT2D eigenvalue weighted by molar-refractivity contribution is -0.128. The summed E-state index contributed by atoms with van der Waals surface area (Å²) in [5, 5.41) is 0.535. The largest absolute Gasteiger partial charge is 0.274 e. The van der Waals surface area contributed by atoms with Crippen LogP contribution in [0.1, 0.15) is 21.6 Å². The predicted molar refractivity (Wildman–Crippen MR) is 74.3 cm³/mol. The Morgan fingerprint density at radius 2 is 2.00 bits per heavy atom. The Morgan fingerprint density at radius 1 is 1.20 bits per heavy atom. The third-order valence-electron chi connectivity index (χ3n) is 3.23. The third-order valence-corrected chi connectivity index (χ3v) is 3.47. The van der Waals surface area contributed by atoms with E-state index < -0.39 is 0 Å². The van der Waals surface area contributed by atoms with Crippen molar-refractivity contribution < 1.29 is 9.59 Å². The first-order valence-corrected chi connectivity index (χ1v) is 6.56. The Morgan fingerprint density at radius 3 is 2.80 bits per heavy atom. The summed E-state index contributed by atoms with van der Waals surface area (Å²) in [6.07, 6.45) is 1.80. The topological polar surface area (TPSA) is 50.3 Å². The van der Waals surface area contributed by atoms with Crippen LogP contribution in [0.4, 0.5) is 0 Å². The molecule has 2 aromatic rings. The normalized spacial score (nSPS) is 14.3. The molecule has 5 heteroatoms. The fourth-order valence-electron chi connectivity index (χ4n) is 2.26. The first-order chi connectivity index (χ1) is 9.65. The van der Waals surface area contributed by atoms with Crippen molar-refractivity contribution in [1.82, 2.24) is 9.88 Å². The van der Waals surface area contributed by atoms with E-state index in [1.165, 1.54) is 4.90 Å². The molecule has 0 saturated carbocycles. The summed E-state index contributed by atoms with van der Waals surface area (Å²) in [7, 11) is 0. The highest BCUT2D eigenvalue weighted by molar-refractivity contribution is 6.30. The summed E-state index contributed by atoms with van der Waals surface area (Å²) in [4.78, 5) is 29.8. The molecule has 0 atom stereocenters. The Kier molecular flexibility index (Phi) is 3.24. The molecule has 1 aliphatic rings. The summed E-state index contributed by atoms with van der Waals surface area (Å²) in [5.41, 5.74) is 1.95. The van der Waals surface area contributed by atoms with Crippen LogP contribution >= 0.6 is 11.6 Å². The molecule has 20 heavy (non-hydrogen) atoms. The predicted octanol–water partition coefficient (Wildman–Crippen LogP) is 2.46. The van der Waals surface area contributed by atoms with E-state index in [-0.39, 0.29) is 24.8 Å². The van der Waals surface area contributed by atoms with Crippen LogP contribution < -0.4 is 0 Å². The van der Waals surface area contributed by atoms with Gasteiger partial charge in [-0.15, -0.1) is 0 Å². The van der Waals surface area contributed by atoms with Gasteiger partial charge in [0.05, 0.1) is 18.7 Å². The number of benzene rings is 1. The fourth-order valence-corrected chi connectivity index (χ4v) is 2.44. The van der Waals surface area contributed by atoms with Gasteiger partial charge in [0.1, 0.15) is 0 Å². The number of fused-ring (bicyclic) bond motifs is 1. The van der Waals surface area contributed by atoms with Gasteiger partial charge in [-0.3, -0.25) is 19.5 Å². The Bertz CT molecular complexity index is 700. The van der Waals surface area contributed by atoms with E-state index >= 15 is 0 Å². The highest BCUT2D eigenvalue weighted by Crippen LogP contribution is 2.21. The Balaban J connectivity index is 1.91. The van der Waals surface area contributed by atoms with Gasteiger partial charge in [0.2, 0.25) is 5.91 Å². The van der Waals surface area contributed by atoms with Gasteiger partial charge in [-0.25, -0.2) is 0 Å². The van der Waals surface area contributed by atoms with E-state index in [1.807, 2.05) is 6.07 Å². The van der Waals surface area contributed by atoms with E-state index in [1.54, 1.807) is 36.5 Å². The standard InChI is InChI=1S/C15H11ClN2O2/c16-11-5-6-17-12(8-11)9-18-14(19)7-10-3-1-2-4-13(10)15(18)20/h1-6,8H,7,9H2. The van der Waals surface area contributed by atoms with E-state index in [2.05, 4.69) is 4.98 Å². The second kappa shape index (κ2) is 5.06. The number of imide groups is 1. The van der Waals surface area contributed by atoms with E-state index in [9.17, 15) is 9.59 Å². The number of rotatable bonds is 2. The smallest absolute Gasteiger partial charge is 0.261 e. The van der Waals surface area contributed by atoms with Crippen molar-refractivity contribution in [2.24, 2.45) is 0 Å². The summed E-state index contributed by atoms with van der Waals surface area (Å²) >= 11 is 5.89. The quantitative estimate of drug-likeness (QED) is 0.797. The minimum atomic E-state index is -0.279. The molecule has 0 radical (unpaired) electrons. The van der Waals surface area contributed by atoms with Crippen molar-refractivity contribution in [2.75, 3.05) is 0 Å². The molecular weight excluding hydrogens is 276 g/mol. The summed E-state index contributed by atoms with van der Waals surface area (Å²) in [5.74, 6) is -0.492. The van der Waals surface area contributed by atoms with E-state index in [0.717, 1.165) is 5.56 Å². The lowest BCUT2D eigenvalue weighted by Crippen LogP contribution is -2.41. The molecule has 0 aliphatic carbocycles. The molecule has 1 aromatic carbocycles. The number of carbonyl (C=O) groups is 2. The van der Waals surface area contributed by atoms with Gasteiger partial charge in [0.25, 0.3) is 5.91 Å². The molecule has 100 valence electrons. The van der Waals surface area contributed by atoms with Gasteiger partial charge in [0.15, 0.2) is 0 Å². The molecule has 1 aliphatic heterocycles. The lowest BCUT2D eigenvalue weighted by Gasteiger charge is -2.26. The maximum absolute atomic E-state index is 12.4. The van der Waals surface area contributed by atoms with Crippen molar-refractivity contribution in [3.05, 3.63) is 64.4 Å². The number of hydrogen-bond donors (Lipinski definition) is 0. The van der Waals surface area contributed by atoms with Crippen LogP contribution in [0.25, 0.3) is 0 Å². The van der Waals surface area contributed by atoms with Crippen LogP contribution in [0.2, 0.25) is 5.02 Å². The van der Waals surface area contributed by atoms with Crippen molar-refractivity contribution in [2.45, 2.75) is 13.0 Å². The van der Waals surface area contributed by atoms with Gasteiger partial charge in [-0.2, -0.15) is 0 Å². The summed E-state index contributed by atoms with van der Waals surface area (Å²) in [6.45, 7) is 0.145. The fraction of sp³-hybridized carbons (Fsp3) is 0.133. The van der Waals surface area contributed by atoms with Crippen molar-refractivity contribution in [3.63, 3.8) is 0 Å². The number of aromatic nitrogens is 1. The lowest BCUT2D eigenvalue weighted by atomic mass is 9.98. The van der Waals surface area contributed by atoms with E-state index in [0.29, 0.717) is 16.3 Å². The Labute approximate surface area is 121 Å². The number of hydrogen-bond acceptors (Lipinski definition) is 3. The van der Waals surface area contributed by atoms with Gasteiger partial charge in [-0.1, -0.05) is 29.8 Å². The zero-order chi connectivity index (χ0) is 14.1. The monoisotopic (exact) mass is 286 g/mol. The molecule has 0 N–H and O–H groups in total. The van der Waals surface area contributed by atoms with Crippen molar-refractivity contribution in [1.29, 1.82) is 0 Å². The highest BCUT2D eigenvalue weighted by Gasteiger charge is 2.30. The molecular formula is C15H11ClN2O2. The zero-order valence-corrected chi connectivity index (χ0v) is 11.3. The second-order valence-electron chi connectivity index (χ2n) is 4.58. The zero-order valence-electron chi connectivity index (χ0n) is 10.5. The van der Waals surface area contributed by atoms with Crippen molar-refractivity contribution in [3.8, 4) is 0 Å². The number of amides is 2. The summed E-state index contributed by atoms with van der Waals surface area (Å²) < 4.78 is 0. The maximum atomic E-state index is 12.4. The highest BCUT2D eigenvalue weighted by atomic mass is 35.5. The second-order valence-corrected chi connectivity index (χ2v) is 5.02. The number of halogens is 1. The van der Waals surface area contributed by atoms with E-state index in [4.69, 9.17) is 11.6 Å². The molecule has 0 saturated heterocycles.